The van der Waals surface area contributed by atoms with Gasteiger partial charge in [0.15, 0.2) is 0 Å². The van der Waals surface area contributed by atoms with Crippen molar-refractivity contribution in [3.05, 3.63) is 104 Å². The Bertz CT molecular complexity index is 1400. The topological polar surface area (TPSA) is 73.2 Å². The van der Waals surface area contributed by atoms with Crippen LogP contribution in [0.1, 0.15) is 16.7 Å². The highest BCUT2D eigenvalue weighted by Crippen LogP contribution is 2.43. The highest BCUT2D eigenvalue weighted by Gasteiger charge is 2.41. The molecule has 35 heavy (non-hydrogen) atoms. The van der Waals surface area contributed by atoms with E-state index in [0.717, 1.165) is 16.7 Å². The molecule has 0 aliphatic carbocycles. The molecule has 8 heteroatoms. The Kier molecular flexibility index (Phi) is 7.51. The van der Waals surface area contributed by atoms with E-state index in [4.69, 9.17) is 23.2 Å². The lowest BCUT2D eigenvalue weighted by atomic mass is 10.1. The van der Waals surface area contributed by atoms with Crippen LogP contribution in [0.4, 0.5) is 11.4 Å². The first kappa shape index (κ1) is 24.9. The Balaban J connectivity index is 1.76. The van der Waals surface area contributed by atoms with Crippen molar-refractivity contribution in [2.24, 2.45) is 0 Å². The van der Waals surface area contributed by atoms with Crippen molar-refractivity contribution < 1.29 is 9.59 Å². The van der Waals surface area contributed by atoms with Crippen molar-refractivity contribution in [2.75, 3.05) is 10.2 Å². The van der Waals surface area contributed by atoms with Crippen LogP contribution in [-0.4, -0.2) is 17.1 Å². The monoisotopic (exact) mass is 521 g/mol. The van der Waals surface area contributed by atoms with Crippen LogP contribution in [0.2, 0.25) is 10.0 Å². The van der Waals surface area contributed by atoms with Gasteiger partial charge in [-0.15, -0.1) is 0 Å². The minimum Gasteiger partial charge on any atom is -0.321 e. The summed E-state index contributed by atoms with van der Waals surface area (Å²) in [6.45, 7) is 3.79. The molecule has 3 aromatic carbocycles. The molecule has 1 heterocycles. The Hall–Kier alpha value is -3.24. The van der Waals surface area contributed by atoms with E-state index in [0.29, 0.717) is 32.9 Å². The molecule has 1 aliphatic heterocycles. The van der Waals surface area contributed by atoms with Gasteiger partial charge in [-0.1, -0.05) is 65.3 Å². The number of nitrogens with zero attached hydrogens (tertiary/aromatic N) is 2. The number of amides is 2. The average Bonchev–Trinajstić information content (AvgIpc) is 3.12. The zero-order valence-electron chi connectivity index (χ0n) is 19.0. The maximum atomic E-state index is 13.7. The van der Waals surface area contributed by atoms with Gasteiger partial charge in [-0.25, -0.2) is 0 Å². The second kappa shape index (κ2) is 10.6. The Morgan fingerprint density at radius 1 is 1.09 bits per heavy atom. The van der Waals surface area contributed by atoms with E-state index >= 15 is 0 Å². The predicted octanol–water partition coefficient (Wildman–Crippen LogP) is 6.68. The summed E-state index contributed by atoms with van der Waals surface area (Å²) in [5, 5.41) is 13.5. The summed E-state index contributed by atoms with van der Waals surface area (Å²) >= 11 is 13.7. The van der Waals surface area contributed by atoms with Gasteiger partial charge in [0.25, 0.3) is 5.91 Å². The van der Waals surface area contributed by atoms with Crippen LogP contribution >= 0.6 is 35.0 Å². The third-order valence-electron chi connectivity index (χ3n) is 5.55. The first-order chi connectivity index (χ1) is 16.8. The van der Waals surface area contributed by atoms with E-state index in [-0.39, 0.29) is 11.5 Å². The summed E-state index contributed by atoms with van der Waals surface area (Å²) < 4.78 is 0. The highest BCUT2D eigenvalue weighted by atomic mass is 35.5. The lowest BCUT2D eigenvalue weighted by Crippen LogP contribution is -2.31. The van der Waals surface area contributed by atoms with Gasteiger partial charge < -0.3 is 5.32 Å². The van der Waals surface area contributed by atoms with E-state index < -0.39 is 11.2 Å². The molecule has 1 N–H and O–H groups in total. The number of halogens is 2. The van der Waals surface area contributed by atoms with Gasteiger partial charge in [-0.05, 0) is 73.4 Å². The molecule has 176 valence electrons. The summed E-state index contributed by atoms with van der Waals surface area (Å²) in [5.41, 5.74) is 3.60. The molecule has 1 atom stereocenters. The maximum absolute atomic E-state index is 13.7. The standard InChI is InChI=1S/C27H21Cl2N3O2S/c1-16-6-5-8-20(12-16)31-25(33)21(15-30)27-32(23-9-4-3-7-17(23)2)26(34)24(35-27)14-18-13-19(28)10-11-22(18)29/h3-13,24H,14H2,1-2H3,(H,31,33). The average molecular weight is 522 g/mol. The number of nitrogens with one attached hydrogen (secondary N) is 1. The number of hydrogen-bond acceptors (Lipinski definition) is 4. The molecule has 1 fully saturated rings. The van der Waals surface area contributed by atoms with Gasteiger partial charge in [0, 0.05) is 15.7 Å². The van der Waals surface area contributed by atoms with E-state index in [1.165, 1.54) is 16.7 Å². The van der Waals surface area contributed by atoms with Crippen LogP contribution in [0.3, 0.4) is 0 Å². The Labute approximate surface area is 218 Å². The molecular formula is C27H21Cl2N3O2S. The van der Waals surface area contributed by atoms with Crippen molar-refractivity contribution in [1.29, 1.82) is 5.26 Å². The molecule has 1 unspecified atom stereocenters. The van der Waals surface area contributed by atoms with Crippen molar-refractivity contribution in [1.82, 2.24) is 0 Å². The molecule has 1 aliphatic rings. The van der Waals surface area contributed by atoms with E-state index in [1.54, 1.807) is 30.3 Å². The first-order valence-electron chi connectivity index (χ1n) is 10.8. The predicted molar refractivity (Wildman–Crippen MR) is 143 cm³/mol. The van der Waals surface area contributed by atoms with Gasteiger partial charge in [-0.2, -0.15) is 5.26 Å². The van der Waals surface area contributed by atoms with Crippen molar-refractivity contribution >= 4 is 58.2 Å². The Morgan fingerprint density at radius 2 is 1.86 bits per heavy atom. The number of anilines is 2. The lowest BCUT2D eigenvalue weighted by molar-refractivity contribution is -0.117. The molecule has 4 rings (SSSR count). The normalized spacial score (nSPS) is 16.7. The first-order valence-corrected chi connectivity index (χ1v) is 12.4. The van der Waals surface area contributed by atoms with Crippen LogP contribution in [0.25, 0.3) is 0 Å². The number of hydrogen-bond donors (Lipinski definition) is 1. The third-order valence-corrected chi connectivity index (χ3v) is 7.42. The molecule has 5 nitrogen and oxygen atoms in total. The van der Waals surface area contributed by atoms with Gasteiger partial charge in [0.2, 0.25) is 5.91 Å². The second-order valence-corrected chi connectivity index (χ2v) is 10.2. The molecular weight excluding hydrogens is 501 g/mol. The number of thioether (sulfide) groups is 1. The molecule has 0 bridgehead atoms. The molecule has 0 spiro atoms. The van der Waals surface area contributed by atoms with Crippen molar-refractivity contribution in [3.8, 4) is 6.07 Å². The number of nitriles is 1. The lowest BCUT2D eigenvalue weighted by Gasteiger charge is -2.20. The summed E-state index contributed by atoms with van der Waals surface area (Å²) in [6.07, 6.45) is 0.299. The summed E-state index contributed by atoms with van der Waals surface area (Å²) in [7, 11) is 0. The molecule has 2 amide bonds. The number of carbonyl (C=O) groups excluding carboxylic acids is 2. The summed E-state index contributed by atoms with van der Waals surface area (Å²) in [5.74, 6) is -0.806. The molecule has 0 aromatic heterocycles. The minimum atomic E-state index is -0.587. The van der Waals surface area contributed by atoms with E-state index in [2.05, 4.69) is 5.32 Å². The Morgan fingerprint density at radius 3 is 2.57 bits per heavy atom. The summed E-state index contributed by atoms with van der Waals surface area (Å²) in [6, 6.07) is 21.8. The number of rotatable bonds is 5. The van der Waals surface area contributed by atoms with Crippen LogP contribution in [-0.2, 0) is 16.0 Å². The molecule has 0 saturated carbocycles. The second-order valence-electron chi connectivity index (χ2n) is 8.12. The zero-order chi connectivity index (χ0) is 25.1. The van der Waals surface area contributed by atoms with Gasteiger partial charge in [-0.3, -0.25) is 14.5 Å². The fraction of sp³-hybridized carbons (Fsp3) is 0.148. The fourth-order valence-electron chi connectivity index (χ4n) is 3.84. The van der Waals surface area contributed by atoms with Crippen LogP contribution in [0.15, 0.2) is 77.3 Å². The number of para-hydroxylation sites is 1. The highest BCUT2D eigenvalue weighted by molar-refractivity contribution is 8.05. The van der Waals surface area contributed by atoms with E-state index in [1.807, 2.05) is 56.3 Å². The van der Waals surface area contributed by atoms with Crippen LogP contribution in [0, 0.1) is 25.2 Å². The summed E-state index contributed by atoms with van der Waals surface area (Å²) in [4.78, 5) is 28.3. The van der Waals surface area contributed by atoms with Gasteiger partial charge >= 0.3 is 0 Å². The maximum Gasteiger partial charge on any atom is 0.269 e. The zero-order valence-corrected chi connectivity index (χ0v) is 21.3. The number of aryl methyl sites for hydroxylation is 2. The van der Waals surface area contributed by atoms with Crippen LogP contribution < -0.4 is 10.2 Å². The quantitative estimate of drug-likeness (QED) is 0.300. The van der Waals surface area contributed by atoms with Crippen molar-refractivity contribution in [2.45, 2.75) is 25.5 Å². The molecule has 3 aromatic rings. The van der Waals surface area contributed by atoms with Gasteiger partial charge in [0.1, 0.15) is 16.7 Å². The SMILES string of the molecule is Cc1cccc(NC(=O)C(C#N)=C2SC(Cc3cc(Cl)ccc3Cl)C(=O)N2c2ccccc2C)c1. The van der Waals surface area contributed by atoms with Crippen LogP contribution in [0.5, 0.6) is 0 Å². The number of benzene rings is 3. The van der Waals surface area contributed by atoms with Crippen molar-refractivity contribution in [3.63, 3.8) is 0 Å². The third kappa shape index (κ3) is 5.38. The molecule has 0 radical (unpaired) electrons. The molecule has 1 saturated heterocycles. The minimum absolute atomic E-state index is 0.132. The number of carbonyl (C=O) groups is 2. The van der Waals surface area contributed by atoms with Gasteiger partial charge in [0.05, 0.1) is 10.9 Å². The largest absolute Gasteiger partial charge is 0.321 e. The van der Waals surface area contributed by atoms with E-state index in [9.17, 15) is 14.9 Å². The smallest absolute Gasteiger partial charge is 0.269 e. The fourth-order valence-corrected chi connectivity index (χ4v) is 5.51.